The minimum Gasteiger partial charge on any atom is -0.480 e. The molecule has 0 radical (unpaired) electrons. The highest BCUT2D eigenvalue weighted by Gasteiger charge is 2.29. The predicted octanol–water partition coefficient (Wildman–Crippen LogP) is 2.01. The molecule has 0 saturated carbocycles. The monoisotopic (exact) mass is 354 g/mol. The summed E-state index contributed by atoms with van der Waals surface area (Å²) in [5, 5.41) is 19.6. The van der Waals surface area contributed by atoms with Gasteiger partial charge in [0.05, 0.1) is 15.5 Å². The lowest BCUT2D eigenvalue weighted by Gasteiger charge is -2.23. The van der Waals surface area contributed by atoms with Crippen LogP contribution in [0.15, 0.2) is 53.4 Å². The Kier molecular flexibility index (Phi) is 4.79. The number of sulfonamides is 1. The van der Waals surface area contributed by atoms with Gasteiger partial charge in [-0.15, -0.1) is 0 Å². The number of aliphatic carboxylic acids is 1. The van der Waals surface area contributed by atoms with Gasteiger partial charge in [-0.2, -0.15) is 0 Å². The maximum atomic E-state index is 13.9. The van der Waals surface area contributed by atoms with Crippen molar-refractivity contribution in [1.29, 1.82) is 0 Å². The fraction of sp³-hybridized carbons (Fsp3) is 0.0714. The number of benzene rings is 2. The van der Waals surface area contributed by atoms with Gasteiger partial charge in [-0.25, -0.2) is 12.8 Å². The number of carboxylic acid groups (broad SMARTS) is 1. The summed E-state index contributed by atoms with van der Waals surface area (Å²) in [7, 11) is -4.42. The number of rotatable bonds is 6. The average Bonchev–Trinajstić information content (AvgIpc) is 2.53. The van der Waals surface area contributed by atoms with Crippen molar-refractivity contribution in [2.24, 2.45) is 0 Å². The molecule has 24 heavy (non-hydrogen) atoms. The van der Waals surface area contributed by atoms with E-state index in [0.717, 1.165) is 36.4 Å². The number of carbonyl (C=O) groups is 1. The van der Waals surface area contributed by atoms with Gasteiger partial charge >= 0.3 is 5.97 Å². The van der Waals surface area contributed by atoms with Crippen LogP contribution in [-0.2, 0) is 14.8 Å². The van der Waals surface area contributed by atoms with Crippen molar-refractivity contribution in [1.82, 2.24) is 0 Å². The molecule has 2 rings (SSSR count). The summed E-state index contributed by atoms with van der Waals surface area (Å²) < 4.78 is 39.6. The molecule has 2 aromatic carbocycles. The van der Waals surface area contributed by atoms with Crippen LogP contribution in [-0.4, -0.2) is 31.0 Å². The zero-order chi connectivity index (χ0) is 17.9. The Hall–Kier alpha value is -3.01. The normalized spacial score (nSPS) is 11.0. The van der Waals surface area contributed by atoms with Crippen LogP contribution in [0.25, 0.3) is 0 Å². The summed E-state index contributed by atoms with van der Waals surface area (Å²) in [5.74, 6) is -2.40. The predicted molar refractivity (Wildman–Crippen MR) is 81.7 cm³/mol. The van der Waals surface area contributed by atoms with Gasteiger partial charge < -0.3 is 5.11 Å². The maximum absolute atomic E-state index is 13.9. The molecule has 0 fully saturated rings. The molecule has 0 aliphatic rings. The Morgan fingerprint density at radius 1 is 1.17 bits per heavy atom. The van der Waals surface area contributed by atoms with Crippen molar-refractivity contribution in [2.75, 3.05) is 10.8 Å². The minimum absolute atomic E-state index is 0.329. The summed E-state index contributed by atoms with van der Waals surface area (Å²) >= 11 is 0. The first-order valence-corrected chi connectivity index (χ1v) is 7.91. The Morgan fingerprint density at radius 3 is 2.25 bits per heavy atom. The first-order valence-electron chi connectivity index (χ1n) is 6.47. The second-order valence-electron chi connectivity index (χ2n) is 4.61. The van der Waals surface area contributed by atoms with Gasteiger partial charge in [0.15, 0.2) is 0 Å². The van der Waals surface area contributed by atoms with Gasteiger partial charge in [-0.05, 0) is 24.3 Å². The number of nitrogens with zero attached hydrogens (tertiary/aromatic N) is 2. The number of para-hydroxylation sites is 1. The second-order valence-corrected chi connectivity index (χ2v) is 6.47. The molecule has 0 aromatic heterocycles. The number of hydrogen-bond acceptors (Lipinski definition) is 5. The molecular formula is C14H11FN2O6S. The van der Waals surface area contributed by atoms with Crippen LogP contribution in [0.1, 0.15) is 0 Å². The van der Waals surface area contributed by atoms with Crippen molar-refractivity contribution < 1.29 is 27.6 Å². The minimum atomic E-state index is -4.42. The largest absolute Gasteiger partial charge is 0.480 e. The molecule has 0 aliphatic heterocycles. The number of halogens is 1. The second kappa shape index (κ2) is 6.62. The number of anilines is 1. The Labute approximate surface area is 136 Å². The molecule has 0 unspecified atom stereocenters. The number of nitro groups is 1. The highest BCUT2D eigenvalue weighted by molar-refractivity contribution is 7.92. The maximum Gasteiger partial charge on any atom is 0.324 e. The smallest absolute Gasteiger partial charge is 0.324 e. The lowest BCUT2D eigenvalue weighted by Crippen LogP contribution is -2.36. The van der Waals surface area contributed by atoms with E-state index in [4.69, 9.17) is 5.11 Å². The summed E-state index contributed by atoms with van der Waals surface area (Å²) in [6.45, 7) is -1.000. The standard InChI is InChI=1S/C14H11FN2O6S/c15-12-3-1-2-4-13(12)16(9-14(18)19)24(22,23)11-7-5-10(6-8-11)17(20)21/h1-8H,9H2,(H,18,19). The van der Waals surface area contributed by atoms with Crippen molar-refractivity contribution in [3.05, 3.63) is 64.5 Å². The SMILES string of the molecule is O=C(O)CN(c1ccccc1F)S(=O)(=O)c1ccc([N+](=O)[O-])cc1. The molecule has 10 heteroatoms. The Balaban J connectivity index is 2.53. The fourth-order valence-corrected chi connectivity index (χ4v) is 3.37. The van der Waals surface area contributed by atoms with E-state index in [0.29, 0.717) is 4.31 Å². The summed E-state index contributed by atoms with van der Waals surface area (Å²) in [4.78, 5) is 20.5. The topological polar surface area (TPSA) is 118 Å². The lowest BCUT2D eigenvalue weighted by atomic mass is 10.3. The van der Waals surface area contributed by atoms with Crippen molar-refractivity contribution in [2.45, 2.75) is 4.90 Å². The Morgan fingerprint density at radius 2 is 1.75 bits per heavy atom. The number of non-ortho nitro benzene ring substituents is 1. The quantitative estimate of drug-likeness (QED) is 0.626. The summed E-state index contributed by atoms with van der Waals surface area (Å²) in [6.07, 6.45) is 0. The number of carboxylic acids is 1. The molecule has 8 nitrogen and oxygen atoms in total. The van der Waals surface area contributed by atoms with E-state index in [-0.39, 0.29) is 5.69 Å². The van der Waals surface area contributed by atoms with E-state index in [1.807, 2.05) is 0 Å². The highest BCUT2D eigenvalue weighted by Crippen LogP contribution is 2.27. The molecule has 0 spiro atoms. The molecule has 0 heterocycles. The highest BCUT2D eigenvalue weighted by atomic mass is 32.2. The van der Waals surface area contributed by atoms with Gasteiger partial charge in [0.25, 0.3) is 15.7 Å². The van der Waals surface area contributed by atoms with E-state index in [2.05, 4.69) is 0 Å². The van der Waals surface area contributed by atoms with Gasteiger partial charge in [0.1, 0.15) is 12.4 Å². The molecule has 0 saturated heterocycles. The van der Waals surface area contributed by atoms with Gasteiger partial charge in [-0.1, -0.05) is 12.1 Å². The van der Waals surface area contributed by atoms with Gasteiger partial charge in [0, 0.05) is 12.1 Å². The van der Waals surface area contributed by atoms with E-state index in [9.17, 15) is 27.7 Å². The van der Waals surface area contributed by atoms with E-state index < -0.39 is 43.9 Å². The van der Waals surface area contributed by atoms with Crippen molar-refractivity contribution >= 4 is 27.4 Å². The van der Waals surface area contributed by atoms with Crippen LogP contribution in [0.4, 0.5) is 15.8 Å². The molecule has 0 amide bonds. The third-order valence-electron chi connectivity index (χ3n) is 3.04. The first-order chi connectivity index (χ1) is 11.2. The zero-order valence-electron chi connectivity index (χ0n) is 12.0. The number of hydrogen-bond donors (Lipinski definition) is 1. The van der Waals surface area contributed by atoms with Crippen molar-refractivity contribution in [3.8, 4) is 0 Å². The van der Waals surface area contributed by atoms with Crippen LogP contribution in [0.3, 0.4) is 0 Å². The van der Waals surface area contributed by atoms with Crippen LogP contribution in [0.5, 0.6) is 0 Å². The molecule has 2 aromatic rings. The lowest BCUT2D eigenvalue weighted by molar-refractivity contribution is -0.384. The van der Waals surface area contributed by atoms with Crippen molar-refractivity contribution in [3.63, 3.8) is 0 Å². The summed E-state index contributed by atoms with van der Waals surface area (Å²) in [5.41, 5.74) is -0.761. The number of nitro benzene ring substituents is 1. The third-order valence-corrected chi connectivity index (χ3v) is 4.81. The third kappa shape index (κ3) is 3.49. The Bertz CT molecular complexity index is 882. The zero-order valence-corrected chi connectivity index (χ0v) is 12.8. The van der Waals surface area contributed by atoms with Crippen LogP contribution < -0.4 is 4.31 Å². The van der Waals surface area contributed by atoms with E-state index in [1.165, 1.54) is 12.1 Å². The van der Waals surface area contributed by atoms with Crippen LogP contribution in [0.2, 0.25) is 0 Å². The average molecular weight is 354 g/mol. The summed E-state index contributed by atoms with van der Waals surface area (Å²) in [6, 6.07) is 8.67. The molecule has 0 atom stereocenters. The fourth-order valence-electron chi connectivity index (χ4n) is 1.94. The van der Waals surface area contributed by atoms with Crippen LogP contribution >= 0.6 is 0 Å². The first kappa shape index (κ1) is 17.3. The van der Waals surface area contributed by atoms with Gasteiger partial charge in [0.2, 0.25) is 0 Å². The molecular weight excluding hydrogens is 343 g/mol. The molecule has 126 valence electrons. The molecule has 1 N–H and O–H groups in total. The molecule has 0 bridgehead atoms. The van der Waals surface area contributed by atoms with Gasteiger partial charge in [-0.3, -0.25) is 19.2 Å². The van der Waals surface area contributed by atoms with E-state index >= 15 is 0 Å². The van der Waals surface area contributed by atoms with E-state index in [1.54, 1.807) is 0 Å². The molecule has 0 aliphatic carbocycles. The van der Waals surface area contributed by atoms with Crippen LogP contribution in [0, 0.1) is 15.9 Å².